The predicted molar refractivity (Wildman–Crippen MR) is 65.4 cm³/mol. The van der Waals surface area contributed by atoms with Gasteiger partial charge >= 0.3 is 0 Å². The van der Waals surface area contributed by atoms with Crippen LogP contribution in [0.25, 0.3) is 6.08 Å². The summed E-state index contributed by atoms with van der Waals surface area (Å²) in [5.41, 5.74) is 2.48. The average Bonchev–Trinajstić information content (AvgIpc) is 2.16. The highest BCUT2D eigenvalue weighted by Gasteiger charge is 2.06. The summed E-state index contributed by atoms with van der Waals surface area (Å²) in [4.78, 5) is 0. The van der Waals surface area contributed by atoms with E-state index in [0.29, 0.717) is 0 Å². The molecule has 0 bridgehead atoms. The molecule has 0 amide bonds. The van der Waals surface area contributed by atoms with E-state index in [1.807, 2.05) is 12.1 Å². The van der Waals surface area contributed by atoms with Gasteiger partial charge in [-0.3, -0.25) is 0 Å². The van der Waals surface area contributed by atoms with Crippen LogP contribution in [-0.4, -0.2) is 9.04 Å². The molecular formula is C12H18OSi. The normalized spacial score (nSPS) is 10.3. The Kier molecular flexibility index (Phi) is 3.95. The molecular weight excluding hydrogens is 188 g/mol. The maximum atomic E-state index is 5.87. The van der Waals surface area contributed by atoms with Crippen molar-refractivity contribution in [1.29, 1.82) is 0 Å². The molecule has 1 nitrogen and oxygen atoms in total. The fourth-order valence-electron chi connectivity index (χ4n) is 1.52. The molecule has 0 saturated heterocycles. The fourth-order valence-corrected chi connectivity index (χ4v) is 2.25. The Labute approximate surface area is 88.1 Å². The van der Waals surface area contributed by atoms with Gasteiger partial charge in [0.15, 0.2) is 0 Å². The molecule has 0 radical (unpaired) electrons. The molecule has 1 aromatic rings. The highest BCUT2D eigenvalue weighted by molar-refractivity contribution is 6.49. The Morgan fingerprint density at radius 2 is 2.14 bits per heavy atom. The van der Waals surface area contributed by atoms with Crippen LogP contribution >= 0.6 is 0 Å². The van der Waals surface area contributed by atoms with Crippen molar-refractivity contribution in [2.45, 2.75) is 26.4 Å². The third kappa shape index (κ3) is 2.48. The van der Waals surface area contributed by atoms with Gasteiger partial charge in [-0.2, -0.15) is 0 Å². The minimum atomic E-state index is -1.01. The fraction of sp³-hybridized carbons (Fsp3) is 0.333. The summed E-state index contributed by atoms with van der Waals surface area (Å²) >= 11 is 0. The topological polar surface area (TPSA) is 9.23 Å². The first-order valence-electron chi connectivity index (χ1n) is 5.10. The number of hydrogen-bond acceptors (Lipinski definition) is 1. The van der Waals surface area contributed by atoms with Crippen LogP contribution in [0, 0.1) is 0 Å². The molecule has 1 rings (SSSR count). The monoisotopic (exact) mass is 206 g/mol. The largest absolute Gasteiger partial charge is 0.547 e. The summed E-state index contributed by atoms with van der Waals surface area (Å²) in [6.45, 7) is 10.3. The summed E-state index contributed by atoms with van der Waals surface area (Å²) in [5, 5.41) is 0. The predicted octanol–water partition coefficient (Wildman–Crippen LogP) is 3.25. The third-order valence-electron chi connectivity index (χ3n) is 2.11. The molecule has 0 unspecified atom stereocenters. The van der Waals surface area contributed by atoms with E-state index in [9.17, 15) is 0 Å². The Hall–Kier alpha value is -1.02. The van der Waals surface area contributed by atoms with Crippen LogP contribution < -0.4 is 4.43 Å². The maximum Gasteiger partial charge on any atom is 0.229 e. The Morgan fingerprint density at radius 1 is 1.43 bits per heavy atom. The van der Waals surface area contributed by atoms with Crippen LogP contribution in [-0.2, 0) is 6.42 Å². The zero-order valence-electron chi connectivity index (χ0n) is 9.21. The second-order valence-corrected chi connectivity index (χ2v) is 5.88. The first kappa shape index (κ1) is 11.1. The molecule has 0 heterocycles. The molecule has 1 aromatic carbocycles. The van der Waals surface area contributed by atoms with Crippen molar-refractivity contribution in [3.05, 3.63) is 35.9 Å². The minimum Gasteiger partial charge on any atom is -0.547 e. The summed E-state index contributed by atoms with van der Waals surface area (Å²) in [5.74, 6) is 1.05. The van der Waals surface area contributed by atoms with Gasteiger partial charge in [-0.1, -0.05) is 31.7 Å². The molecule has 76 valence electrons. The SMILES string of the molecule is C=Cc1cccc(O[SiH](C)C)c1CC. The van der Waals surface area contributed by atoms with Crippen molar-refractivity contribution in [3.63, 3.8) is 0 Å². The standard InChI is InChI=1S/C12H18OSi/c1-5-10-8-7-9-12(11(10)6-2)13-14(3)4/h5,7-9,14H,1,6H2,2-4H3. The van der Waals surface area contributed by atoms with Crippen LogP contribution in [0.4, 0.5) is 0 Å². The highest BCUT2D eigenvalue weighted by atomic mass is 28.3. The van der Waals surface area contributed by atoms with Crippen LogP contribution in [0.2, 0.25) is 13.1 Å². The molecule has 0 N–H and O–H groups in total. The van der Waals surface area contributed by atoms with Gasteiger partial charge in [0.25, 0.3) is 0 Å². The van der Waals surface area contributed by atoms with Crippen molar-refractivity contribution >= 4 is 15.1 Å². The van der Waals surface area contributed by atoms with E-state index >= 15 is 0 Å². The van der Waals surface area contributed by atoms with Crippen LogP contribution in [0.1, 0.15) is 18.1 Å². The van der Waals surface area contributed by atoms with E-state index in [-0.39, 0.29) is 0 Å². The minimum absolute atomic E-state index is 0.999. The van der Waals surface area contributed by atoms with Crippen molar-refractivity contribution in [2.24, 2.45) is 0 Å². The Morgan fingerprint density at radius 3 is 2.64 bits per heavy atom. The molecule has 0 aliphatic carbocycles. The van der Waals surface area contributed by atoms with E-state index in [4.69, 9.17) is 4.43 Å². The smallest absolute Gasteiger partial charge is 0.229 e. The van der Waals surface area contributed by atoms with Gasteiger partial charge in [0, 0.05) is 0 Å². The van der Waals surface area contributed by atoms with Crippen LogP contribution in [0.15, 0.2) is 24.8 Å². The summed E-state index contributed by atoms with van der Waals surface area (Å²) in [6.07, 6.45) is 2.90. The zero-order chi connectivity index (χ0) is 10.6. The van der Waals surface area contributed by atoms with Crippen molar-refractivity contribution in [2.75, 3.05) is 0 Å². The zero-order valence-corrected chi connectivity index (χ0v) is 10.4. The molecule has 0 aliphatic rings. The van der Waals surface area contributed by atoms with Gasteiger partial charge in [-0.25, -0.2) is 0 Å². The molecule has 0 saturated carbocycles. The lowest BCUT2D eigenvalue weighted by atomic mass is 10.0. The van der Waals surface area contributed by atoms with E-state index in [0.717, 1.165) is 12.2 Å². The number of hydrogen-bond donors (Lipinski definition) is 0. The van der Waals surface area contributed by atoms with Gasteiger partial charge in [0.2, 0.25) is 9.04 Å². The Balaban J connectivity index is 3.08. The summed E-state index contributed by atoms with van der Waals surface area (Å²) in [7, 11) is -1.01. The van der Waals surface area contributed by atoms with Gasteiger partial charge in [-0.05, 0) is 36.7 Å². The van der Waals surface area contributed by atoms with E-state index in [1.54, 1.807) is 0 Å². The lowest BCUT2D eigenvalue weighted by Crippen LogP contribution is -2.12. The lowest BCUT2D eigenvalue weighted by molar-refractivity contribution is 0.572. The molecule has 0 aromatic heterocycles. The van der Waals surface area contributed by atoms with Crippen LogP contribution in [0.5, 0.6) is 5.75 Å². The number of rotatable bonds is 4. The molecule has 0 spiro atoms. The van der Waals surface area contributed by atoms with Crippen molar-refractivity contribution < 1.29 is 4.43 Å². The van der Waals surface area contributed by atoms with E-state index in [1.165, 1.54) is 11.1 Å². The molecule has 0 aliphatic heterocycles. The molecule has 2 heteroatoms. The molecule has 14 heavy (non-hydrogen) atoms. The lowest BCUT2D eigenvalue weighted by Gasteiger charge is -2.15. The Bertz CT molecular complexity index is 318. The summed E-state index contributed by atoms with van der Waals surface area (Å²) < 4.78 is 5.87. The van der Waals surface area contributed by atoms with Gasteiger partial charge in [-0.15, -0.1) is 0 Å². The highest BCUT2D eigenvalue weighted by Crippen LogP contribution is 2.24. The van der Waals surface area contributed by atoms with E-state index < -0.39 is 9.04 Å². The molecule has 0 fully saturated rings. The first-order valence-corrected chi connectivity index (χ1v) is 7.88. The maximum absolute atomic E-state index is 5.87. The second-order valence-electron chi connectivity index (χ2n) is 3.55. The average molecular weight is 206 g/mol. The quantitative estimate of drug-likeness (QED) is 0.687. The van der Waals surface area contributed by atoms with Gasteiger partial charge in [0.1, 0.15) is 5.75 Å². The number of benzene rings is 1. The van der Waals surface area contributed by atoms with Gasteiger partial charge < -0.3 is 4.43 Å². The van der Waals surface area contributed by atoms with E-state index in [2.05, 4.69) is 38.7 Å². The second kappa shape index (κ2) is 5.01. The van der Waals surface area contributed by atoms with Gasteiger partial charge in [0.05, 0.1) is 0 Å². The molecule has 0 atom stereocenters. The first-order chi connectivity index (χ1) is 6.69. The van der Waals surface area contributed by atoms with Crippen molar-refractivity contribution in [1.82, 2.24) is 0 Å². The summed E-state index contributed by atoms with van der Waals surface area (Å²) in [6, 6.07) is 6.17. The van der Waals surface area contributed by atoms with Crippen molar-refractivity contribution in [3.8, 4) is 5.75 Å². The third-order valence-corrected chi connectivity index (χ3v) is 2.83. The van der Waals surface area contributed by atoms with Crippen LogP contribution in [0.3, 0.4) is 0 Å².